The minimum Gasteiger partial charge on any atom is -0.478 e. The summed E-state index contributed by atoms with van der Waals surface area (Å²) in [5.41, 5.74) is 1.59. The van der Waals surface area contributed by atoms with Crippen LogP contribution in [0.25, 0.3) is 11.1 Å². The van der Waals surface area contributed by atoms with Gasteiger partial charge in [-0.3, -0.25) is 4.98 Å². The number of nitrogens with zero attached hydrogens (tertiary/aromatic N) is 2. The molecular weight excluding hydrogens is 500 g/mol. The number of alkyl halides is 3. The van der Waals surface area contributed by atoms with Gasteiger partial charge in [-0.1, -0.05) is 53.7 Å². The highest BCUT2D eigenvalue weighted by molar-refractivity contribution is 6.01. The van der Waals surface area contributed by atoms with Crippen molar-refractivity contribution >= 4 is 11.7 Å². The molecule has 2 N–H and O–H groups in total. The second kappa shape index (κ2) is 10.8. The molecule has 0 bridgehead atoms. The lowest BCUT2D eigenvalue weighted by atomic mass is 9.82. The van der Waals surface area contributed by atoms with Gasteiger partial charge in [0.05, 0.1) is 16.8 Å². The number of hydrogen-bond acceptors (Lipinski definition) is 4. The van der Waals surface area contributed by atoms with Gasteiger partial charge in [0.1, 0.15) is 5.82 Å². The van der Waals surface area contributed by atoms with Crippen LogP contribution in [0.3, 0.4) is 0 Å². The van der Waals surface area contributed by atoms with Crippen molar-refractivity contribution in [2.45, 2.75) is 25.4 Å². The van der Waals surface area contributed by atoms with Gasteiger partial charge in [-0.2, -0.15) is 13.2 Å². The first kappa shape index (κ1) is 26.5. The van der Waals surface area contributed by atoms with E-state index in [1.165, 1.54) is 30.5 Å². The van der Waals surface area contributed by atoms with Gasteiger partial charge in [-0.15, -0.1) is 0 Å². The van der Waals surface area contributed by atoms with Gasteiger partial charge in [0, 0.05) is 29.8 Å². The molecule has 4 rings (SSSR count). The molecule has 0 aliphatic carbocycles. The summed E-state index contributed by atoms with van der Waals surface area (Å²) in [6, 6.07) is 18.8. The van der Waals surface area contributed by atoms with E-state index in [4.69, 9.17) is 5.11 Å². The summed E-state index contributed by atoms with van der Waals surface area (Å²) in [7, 11) is 0. The zero-order valence-electron chi connectivity index (χ0n) is 20.1. The fourth-order valence-corrected chi connectivity index (χ4v) is 4.38. The highest BCUT2D eigenvalue weighted by atomic mass is 19.4. The molecule has 194 valence electrons. The molecule has 0 radical (unpaired) electrons. The molecule has 0 amide bonds. The van der Waals surface area contributed by atoms with Crippen molar-refractivity contribution in [1.82, 2.24) is 4.98 Å². The van der Waals surface area contributed by atoms with Gasteiger partial charge < -0.3 is 10.3 Å². The molecule has 4 aromatic rings. The molecule has 0 aliphatic rings. The quantitative estimate of drug-likeness (QED) is 0.115. The predicted molar refractivity (Wildman–Crippen MR) is 134 cm³/mol. The number of hydrogen-bond donors (Lipinski definition) is 2. The number of pyridine rings is 1. The van der Waals surface area contributed by atoms with E-state index in [0.29, 0.717) is 27.9 Å². The number of rotatable bonds is 7. The molecule has 0 spiro atoms. The maximum absolute atomic E-state index is 14.2. The highest BCUT2D eigenvalue weighted by Crippen LogP contribution is 2.40. The average Bonchev–Trinajstić information content (AvgIpc) is 2.89. The van der Waals surface area contributed by atoms with E-state index in [1.54, 1.807) is 43.3 Å². The molecule has 5 nitrogen and oxygen atoms in total. The van der Waals surface area contributed by atoms with Crippen LogP contribution in [0.4, 0.5) is 17.6 Å². The maximum atomic E-state index is 14.2. The minimum absolute atomic E-state index is 0.0107. The smallest absolute Gasteiger partial charge is 0.416 e. The van der Waals surface area contributed by atoms with Crippen molar-refractivity contribution in [3.63, 3.8) is 0 Å². The Labute approximate surface area is 215 Å². The normalized spacial score (nSPS) is 12.8. The predicted octanol–water partition coefficient (Wildman–Crippen LogP) is 7.31. The maximum Gasteiger partial charge on any atom is 0.416 e. The number of oxime groups is 1. The van der Waals surface area contributed by atoms with E-state index < -0.39 is 35.0 Å². The third-order valence-electron chi connectivity index (χ3n) is 6.24. The largest absolute Gasteiger partial charge is 0.478 e. The molecule has 9 heteroatoms. The van der Waals surface area contributed by atoms with E-state index in [-0.39, 0.29) is 17.7 Å². The van der Waals surface area contributed by atoms with Gasteiger partial charge in [-0.25, -0.2) is 9.18 Å². The second-order valence-electron chi connectivity index (χ2n) is 8.70. The van der Waals surface area contributed by atoms with Crippen LogP contribution in [0.5, 0.6) is 0 Å². The van der Waals surface area contributed by atoms with E-state index in [1.807, 2.05) is 0 Å². The molecular formula is C29H22F4N2O3. The fourth-order valence-electron chi connectivity index (χ4n) is 4.38. The zero-order chi connectivity index (χ0) is 27.4. The number of benzene rings is 3. The molecule has 1 unspecified atom stereocenters. The number of carboxylic acid groups (broad SMARTS) is 1. The Morgan fingerprint density at radius 1 is 0.974 bits per heavy atom. The van der Waals surface area contributed by atoms with Crippen LogP contribution in [-0.4, -0.2) is 27.0 Å². The molecule has 1 atom stereocenters. The molecule has 3 aromatic carbocycles. The van der Waals surface area contributed by atoms with Crippen molar-refractivity contribution in [3.8, 4) is 11.1 Å². The Morgan fingerprint density at radius 2 is 1.66 bits per heavy atom. The van der Waals surface area contributed by atoms with E-state index in [0.717, 1.165) is 18.2 Å². The van der Waals surface area contributed by atoms with Crippen molar-refractivity contribution in [3.05, 3.63) is 124 Å². The van der Waals surface area contributed by atoms with Gasteiger partial charge in [0.25, 0.3) is 0 Å². The number of aryl methyl sites for hydroxylation is 1. The summed E-state index contributed by atoms with van der Waals surface area (Å²) in [5.74, 6) is -3.12. The van der Waals surface area contributed by atoms with Crippen molar-refractivity contribution < 1.29 is 32.7 Å². The van der Waals surface area contributed by atoms with E-state index in [2.05, 4.69) is 10.1 Å². The Balaban J connectivity index is 1.78. The topological polar surface area (TPSA) is 82.8 Å². The molecule has 0 fully saturated rings. The number of halogens is 4. The number of aromatic nitrogens is 1. The van der Waals surface area contributed by atoms with E-state index in [9.17, 15) is 27.6 Å². The van der Waals surface area contributed by atoms with Crippen molar-refractivity contribution in [2.24, 2.45) is 5.16 Å². The van der Waals surface area contributed by atoms with Gasteiger partial charge >= 0.3 is 12.1 Å². The van der Waals surface area contributed by atoms with E-state index >= 15 is 0 Å². The third kappa shape index (κ3) is 5.72. The molecule has 0 aliphatic heterocycles. The van der Waals surface area contributed by atoms with Gasteiger partial charge in [0.15, 0.2) is 0 Å². The van der Waals surface area contributed by atoms with Crippen LogP contribution in [-0.2, 0) is 6.18 Å². The van der Waals surface area contributed by atoms with Gasteiger partial charge in [-0.05, 0) is 59.5 Å². The average molecular weight is 522 g/mol. The SMILES string of the molecule is Cc1cc(/C(CC(c2ccc(-c3ccc(C(=O)O)c(F)c3)cc2)c2ccccc2C(F)(F)F)=N\O)ccn1. The van der Waals surface area contributed by atoms with Crippen molar-refractivity contribution in [2.75, 3.05) is 0 Å². The lowest BCUT2D eigenvalue weighted by Gasteiger charge is -2.23. The Kier molecular flexibility index (Phi) is 7.57. The monoisotopic (exact) mass is 522 g/mol. The van der Waals surface area contributed by atoms with Crippen LogP contribution in [0.15, 0.2) is 90.2 Å². The van der Waals surface area contributed by atoms with Crippen molar-refractivity contribution in [1.29, 1.82) is 0 Å². The molecule has 0 saturated carbocycles. The Bertz CT molecular complexity index is 1500. The first-order valence-electron chi connectivity index (χ1n) is 11.5. The minimum atomic E-state index is -4.61. The summed E-state index contributed by atoms with van der Waals surface area (Å²) >= 11 is 0. The fraction of sp³-hybridized carbons (Fsp3) is 0.138. The highest BCUT2D eigenvalue weighted by Gasteiger charge is 2.35. The number of carboxylic acids is 1. The number of carbonyl (C=O) groups is 1. The standard InChI is InChI=1S/C29H22F4N2O3/c1-17-14-21(12-13-34-17)27(35-38)16-24(22-4-2-3-5-25(22)29(31,32)33)19-8-6-18(7-9-19)20-10-11-23(28(36)37)26(30)15-20/h2-15,24,38H,16H2,1H3,(H,36,37)/b35-27-. The molecule has 1 heterocycles. The van der Waals surface area contributed by atoms with Crippen LogP contribution < -0.4 is 0 Å². The lowest BCUT2D eigenvalue weighted by molar-refractivity contribution is -0.138. The van der Waals surface area contributed by atoms with Crippen LogP contribution in [0, 0.1) is 12.7 Å². The zero-order valence-corrected chi connectivity index (χ0v) is 20.1. The first-order chi connectivity index (χ1) is 18.1. The first-order valence-corrected chi connectivity index (χ1v) is 11.5. The Hall–Kier alpha value is -4.53. The Morgan fingerprint density at radius 3 is 2.26 bits per heavy atom. The summed E-state index contributed by atoms with van der Waals surface area (Å²) in [5, 5.41) is 22.2. The summed E-state index contributed by atoms with van der Waals surface area (Å²) in [4.78, 5) is 15.2. The number of aromatic carboxylic acids is 1. The summed E-state index contributed by atoms with van der Waals surface area (Å²) < 4.78 is 56.1. The summed E-state index contributed by atoms with van der Waals surface area (Å²) in [6.45, 7) is 1.75. The molecule has 0 saturated heterocycles. The summed E-state index contributed by atoms with van der Waals surface area (Å²) in [6.07, 6.45) is -3.13. The third-order valence-corrected chi connectivity index (χ3v) is 6.24. The molecule has 1 aromatic heterocycles. The lowest BCUT2D eigenvalue weighted by Crippen LogP contribution is -2.16. The second-order valence-corrected chi connectivity index (χ2v) is 8.70. The molecule has 38 heavy (non-hydrogen) atoms. The van der Waals surface area contributed by atoms with Crippen LogP contribution in [0.2, 0.25) is 0 Å². The van der Waals surface area contributed by atoms with Crippen LogP contribution in [0.1, 0.15) is 50.6 Å². The van der Waals surface area contributed by atoms with Crippen LogP contribution >= 0.6 is 0 Å². The van der Waals surface area contributed by atoms with Gasteiger partial charge in [0.2, 0.25) is 0 Å².